The van der Waals surface area contributed by atoms with Crippen LogP contribution in [0.3, 0.4) is 0 Å². The van der Waals surface area contributed by atoms with Gasteiger partial charge in [-0.1, -0.05) is 25.1 Å². The highest BCUT2D eigenvalue weighted by molar-refractivity contribution is 5.81. The summed E-state index contributed by atoms with van der Waals surface area (Å²) in [7, 11) is 1.40. The predicted molar refractivity (Wildman–Crippen MR) is 80.9 cm³/mol. The maximum Gasteiger partial charge on any atom is 0.310 e. The smallest absolute Gasteiger partial charge is 0.310 e. The number of carbonyl (C=O) groups is 2. The van der Waals surface area contributed by atoms with Crippen LogP contribution in [0, 0.1) is 25.7 Å². The molecule has 1 amide bonds. The number of esters is 1. The van der Waals surface area contributed by atoms with Crippen LogP contribution in [0.5, 0.6) is 0 Å². The molecule has 2 atom stereocenters. The molecule has 1 saturated heterocycles. The number of hydrogen-bond acceptors (Lipinski definition) is 3. The third kappa shape index (κ3) is 3.43. The Morgan fingerprint density at radius 3 is 2.57 bits per heavy atom. The Bertz CT molecular complexity index is 553. The second-order valence-electron chi connectivity index (χ2n) is 6.00. The number of amides is 1. The highest BCUT2D eigenvalue weighted by Gasteiger charge is 2.37. The monoisotopic (exact) mass is 289 g/mol. The molecule has 114 valence electrons. The van der Waals surface area contributed by atoms with Crippen molar-refractivity contribution in [1.82, 2.24) is 4.90 Å². The quantitative estimate of drug-likeness (QED) is 0.801. The van der Waals surface area contributed by atoms with Gasteiger partial charge >= 0.3 is 5.97 Å². The highest BCUT2D eigenvalue weighted by Crippen LogP contribution is 2.24. The molecule has 1 aliphatic heterocycles. The standard InChI is InChI=1S/C17H23NO3/c1-11-5-6-14(7-12(11)2)8-16(19)18-9-13(3)15(10-18)17(20)21-4/h5-7,13,15H,8-10H2,1-4H3. The number of hydrogen-bond donors (Lipinski definition) is 0. The SMILES string of the molecule is COC(=O)C1CN(C(=O)Cc2ccc(C)c(C)c2)CC1C. The minimum atomic E-state index is -0.219. The molecule has 1 aromatic carbocycles. The van der Waals surface area contributed by atoms with Crippen molar-refractivity contribution in [2.24, 2.45) is 11.8 Å². The van der Waals surface area contributed by atoms with Crippen LogP contribution < -0.4 is 0 Å². The number of rotatable bonds is 3. The molecule has 0 aromatic heterocycles. The van der Waals surface area contributed by atoms with Gasteiger partial charge in [0, 0.05) is 13.1 Å². The van der Waals surface area contributed by atoms with Crippen LogP contribution >= 0.6 is 0 Å². The fourth-order valence-corrected chi connectivity index (χ4v) is 2.83. The molecule has 1 fully saturated rings. The first kappa shape index (κ1) is 15.5. The van der Waals surface area contributed by atoms with Crippen LogP contribution in [0.15, 0.2) is 18.2 Å². The lowest BCUT2D eigenvalue weighted by Gasteiger charge is -2.16. The summed E-state index contributed by atoms with van der Waals surface area (Å²) in [6, 6.07) is 6.10. The van der Waals surface area contributed by atoms with E-state index in [-0.39, 0.29) is 23.7 Å². The second kappa shape index (κ2) is 6.29. The van der Waals surface area contributed by atoms with Gasteiger partial charge < -0.3 is 9.64 Å². The van der Waals surface area contributed by atoms with Gasteiger partial charge in [-0.05, 0) is 36.5 Å². The van der Waals surface area contributed by atoms with E-state index in [1.807, 2.05) is 19.1 Å². The summed E-state index contributed by atoms with van der Waals surface area (Å²) in [6.07, 6.45) is 0.391. The summed E-state index contributed by atoms with van der Waals surface area (Å²) in [5, 5.41) is 0. The molecule has 0 radical (unpaired) electrons. The zero-order chi connectivity index (χ0) is 15.6. The summed E-state index contributed by atoms with van der Waals surface area (Å²) in [6.45, 7) is 7.20. The predicted octanol–water partition coefficient (Wildman–Crippen LogP) is 2.11. The summed E-state index contributed by atoms with van der Waals surface area (Å²) in [5.74, 6) is -0.180. The van der Waals surface area contributed by atoms with E-state index in [9.17, 15) is 9.59 Å². The average molecular weight is 289 g/mol. The molecule has 21 heavy (non-hydrogen) atoms. The third-order valence-electron chi connectivity index (χ3n) is 4.40. The van der Waals surface area contributed by atoms with E-state index >= 15 is 0 Å². The topological polar surface area (TPSA) is 46.6 Å². The van der Waals surface area contributed by atoms with Crippen LogP contribution in [-0.2, 0) is 20.7 Å². The summed E-state index contributed by atoms with van der Waals surface area (Å²) in [5.41, 5.74) is 3.45. The molecular formula is C17H23NO3. The van der Waals surface area contributed by atoms with E-state index in [2.05, 4.69) is 19.9 Å². The molecule has 4 nitrogen and oxygen atoms in total. The highest BCUT2D eigenvalue weighted by atomic mass is 16.5. The number of aryl methyl sites for hydroxylation is 2. The number of nitrogens with zero attached hydrogens (tertiary/aromatic N) is 1. The Labute approximate surface area is 126 Å². The van der Waals surface area contributed by atoms with Crippen molar-refractivity contribution in [3.63, 3.8) is 0 Å². The first-order valence-corrected chi connectivity index (χ1v) is 7.34. The van der Waals surface area contributed by atoms with Gasteiger partial charge in [0.1, 0.15) is 0 Å². The van der Waals surface area contributed by atoms with Crippen LogP contribution in [-0.4, -0.2) is 37.0 Å². The van der Waals surface area contributed by atoms with Gasteiger partial charge in [-0.3, -0.25) is 9.59 Å². The Balaban J connectivity index is 2.01. The zero-order valence-corrected chi connectivity index (χ0v) is 13.2. The largest absolute Gasteiger partial charge is 0.469 e. The maximum absolute atomic E-state index is 12.4. The Kier molecular flexibility index (Phi) is 4.66. The van der Waals surface area contributed by atoms with E-state index in [1.165, 1.54) is 18.2 Å². The Morgan fingerprint density at radius 2 is 1.95 bits per heavy atom. The van der Waals surface area contributed by atoms with Crippen molar-refractivity contribution in [2.75, 3.05) is 20.2 Å². The van der Waals surface area contributed by atoms with Crippen molar-refractivity contribution in [3.8, 4) is 0 Å². The van der Waals surface area contributed by atoms with Crippen LogP contribution in [0.1, 0.15) is 23.6 Å². The molecule has 0 aliphatic carbocycles. The van der Waals surface area contributed by atoms with Gasteiger partial charge in [0.05, 0.1) is 19.4 Å². The first-order chi connectivity index (χ1) is 9.92. The molecule has 4 heteroatoms. The first-order valence-electron chi connectivity index (χ1n) is 7.34. The molecule has 1 heterocycles. The van der Waals surface area contributed by atoms with Crippen molar-refractivity contribution in [1.29, 1.82) is 0 Å². The number of carbonyl (C=O) groups excluding carboxylic acids is 2. The molecule has 2 unspecified atom stereocenters. The fraction of sp³-hybridized carbons (Fsp3) is 0.529. The van der Waals surface area contributed by atoms with Gasteiger partial charge in [-0.25, -0.2) is 0 Å². The van der Waals surface area contributed by atoms with Gasteiger partial charge in [-0.2, -0.15) is 0 Å². The van der Waals surface area contributed by atoms with Gasteiger partial charge in [0.2, 0.25) is 5.91 Å². The average Bonchev–Trinajstić information content (AvgIpc) is 2.84. The number of methoxy groups -OCH3 is 1. The summed E-state index contributed by atoms with van der Waals surface area (Å²) < 4.78 is 4.80. The van der Waals surface area contributed by atoms with E-state index in [0.29, 0.717) is 19.5 Å². The van der Waals surface area contributed by atoms with Gasteiger partial charge in [0.15, 0.2) is 0 Å². The van der Waals surface area contributed by atoms with Gasteiger partial charge in [-0.15, -0.1) is 0 Å². The number of likely N-dealkylation sites (tertiary alicyclic amines) is 1. The third-order valence-corrected chi connectivity index (χ3v) is 4.40. The molecule has 2 rings (SSSR count). The molecular weight excluding hydrogens is 266 g/mol. The Morgan fingerprint density at radius 1 is 1.24 bits per heavy atom. The van der Waals surface area contributed by atoms with Gasteiger partial charge in [0.25, 0.3) is 0 Å². The van der Waals surface area contributed by atoms with E-state index in [4.69, 9.17) is 4.74 Å². The normalized spacial score (nSPS) is 21.4. The van der Waals surface area contributed by atoms with E-state index in [1.54, 1.807) is 4.90 Å². The number of ether oxygens (including phenoxy) is 1. The van der Waals surface area contributed by atoms with E-state index < -0.39 is 0 Å². The van der Waals surface area contributed by atoms with Crippen LogP contribution in [0.2, 0.25) is 0 Å². The lowest BCUT2D eigenvalue weighted by atomic mass is 9.99. The molecule has 1 aromatic rings. The molecule has 0 spiro atoms. The lowest BCUT2D eigenvalue weighted by Crippen LogP contribution is -2.31. The molecule has 0 N–H and O–H groups in total. The van der Waals surface area contributed by atoms with Crippen LogP contribution in [0.4, 0.5) is 0 Å². The fourth-order valence-electron chi connectivity index (χ4n) is 2.83. The summed E-state index contributed by atoms with van der Waals surface area (Å²) >= 11 is 0. The minimum Gasteiger partial charge on any atom is -0.469 e. The minimum absolute atomic E-state index is 0.0801. The van der Waals surface area contributed by atoms with Crippen molar-refractivity contribution < 1.29 is 14.3 Å². The van der Waals surface area contributed by atoms with Crippen molar-refractivity contribution >= 4 is 11.9 Å². The second-order valence-corrected chi connectivity index (χ2v) is 6.00. The summed E-state index contributed by atoms with van der Waals surface area (Å²) in [4.78, 5) is 25.8. The maximum atomic E-state index is 12.4. The van der Waals surface area contributed by atoms with Crippen LogP contribution in [0.25, 0.3) is 0 Å². The molecule has 0 bridgehead atoms. The number of benzene rings is 1. The Hall–Kier alpha value is -1.84. The van der Waals surface area contributed by atoms with Crippen molar-refractivity contribution in [3.05, 3.63) is 34.9 Å². The zero-order valence-electron chi connectivity index (χ0n) is 13.2. The molecule has 1 aliphatic rings. The van der Waals surface area contributed by atoms with E-state index in [0.717, 1.165) is 5.56 Å². The van der Waals surface area contributed by atoms with Crippen molar-refractivity contribution in [2.45, 2.75) is 27.2 Å². The lowest BCUT2D eigenvalue weighted by molar-refractivity contribution is -0.146. The molecule has 0 saturated carbocycles.